The summed E-state index contributed by atoms with van der Waals surface area (Å²) in [5, 5.41) is 15.9. The maximum atomic E-state index is 5.91. The molecule has 1 saturated carbocycles. The van der Waals surface area contributed by atoms with E-state index in [-0.39, 0.29) is 0 Å². The Kier molecular flexibility index (Phi) is 1.84. The summed E-state index contributed by atoms with van der Waals surface area (Å²) in [6, 6.07) is 1.91. The van der Waals surface area contributed by atoms with E-state index in [0.29, 0.717) is 5.92 Å². The fourth-order valence-electron chi connectivity index (χ4n) is 1.81. The lowest BCUT2D eigenvalue weighted by molar-refractivity contribution is 0.829. The maximum absolute atomic E-state index is 5.91. The van der Waals surface area contributed by atoms with E-state index in [4.69, 9.17) is 5.73 Å². The summed E-state index contributed by atoms with van der Waals surface area (Å²) in [6.45, 7) is 0. The normalized spacial score (nSPS) is 15.8. The van der Waals surface area contributed by atoms with Gasteiger partial charge in [-0.15, -0.1) is 21.5 Å². The van der Waals surface area contributed by atoms with Crippen molar-refractivity contribution in [2.24, 2.45) is 0 Å². The minimum atomic E-state index is 0.556. The topological polar surface area (TPSA) is 69.1 Å². The monoisotopic (exact) mass is 263 g/mol. The number of thiophene rings is 1. The molecule has 0 bridgehead atoms. The molecule has 0 aliphatic heterocycles. The number of rotatable bonds is 2. The van der Waals surface area contributed by atoms with Crippen molar-refractivity contribution in [3.63, 3.8) is 0 Å². The molecule has 0 amide bonds. The first-order valence-corrected chi connectivity index (χ1v) is 7.08. The van der Waals surface area contributed by atoms with Crippen molar-refractivity contribution in [2.45, 2.75) is 18.8 Å². The van der Waals surface area contributed by atoms with Crippen LogP contribution in [-0.2, 0) is 0 Å². The Morgan fingerprint density at radius 2 is 2.24 bits per heavy atom. The number of aromatic nitrogens is 4. The first-order chi connectivity index (χ1) is 8.33. The van der Waals surface area contributed by atoms with E-state index < -0.39 is 0 Å². The van der Waals surface area contributed by atoms with E-state index in [0.717, 1.165) is 26.4 Å². The quantitative estimate of drug-likeness (QED) is 0.770. The van der Waals surface area contributed by atoms with Crippen molar-refractivity contribution < 1.29 is 0 Å². The molecule has 1 fully saturated rings. The molecule has 0 atom stereocenters. The molecule has 0 saturated heterocycles. The Morgan fingerprint density at radius 3 is 2.94 bits per heavy atom. The number of nitrogens with two attached hydrogens (primary N) is 1. The number of hydrogen-bond acceptors (Lipinski definition) is 6. The van der Waals surface area contributed by atoms with Gasteiger partial charge in [0.1, 0.15) is 0 Å². The summed E-state index contributed by atoms with van der Waals surface area (Å²) >= 11 is 3.16. The molecule has 1 aliphatic rings. The van der Waals surface area contributed by atoms with E-state index in [1.165, 1.54) is 12.8 Å². The fourth-order valence-corrected chi connectivity index (χ4v) is 3.59. The molecule has 0 unspecified atom stereocenters. The summed E-state index contributed by atoms with van der Waals surface area (Å²) in [5.74, 6) is 1.55. The molecular formula is C10H9N5S2. The smallest absolute Gasteiger partial charge is 0.235 e. The molecular weight excluding hydrogens is 254 g/mol. The first kappa shape index (κ1) is 9.55. The zero-order chi connectivity index (χ0) is 11.4. The van der Waals surface area contributed by atoms with Crippen LogP contribution in [0.15, 0.2) is 11.4 Å². The van der Waals surface area contributed by atoms with Gasteiger partial charge in [0.05, 0.1) is 10.6 Å². The lowest BCUT2D eigenvalue weighted by Crippen LogP contribution is -1.93. The lowest BCUT2D eigenvalue weighted by atomic mass is 10.4. The SMILES string of the molecule is Nc1ccsc1-c1nn2c(C3CC3)nnc2s1. The molecule has 3 aromatic rings. The van der Waals surface area contributed by atoms with Crippen LogP contribution in [0.2, 0.25) is 0 Å². The van der Waals surface area contributed by atoms with Crippen LogP contribution in [0.25, 0.3) is 14.8 Å². The second-order valence-electron chi connectivity index (χ2n) is 4.14. The second kappa shape index (κ2) is 3.27. The van der Waals surface area contributed by atoms with Crippen molar-refractivity contribution in [2.75, 3.05) is 5.73 Å². The summed E-state index contributed by atoms with van der Waals surface area (Å²) in [4.78, 5) is 1.89. The molecule has 0 aromatic carbocycles. The van der Waals surface area contributed by atoms with Crippen molar-refractivity contribution in [1.29, 1.82) is 0 Å². The van der Waals surface area contributed by atoms with Crippen LogP contribution in [0.4, 0.5) is 5.69 Å². The molecule has 0 radical (unpaired) electrons. The minimum Gasteiger partial charge on any atom is -0.397 e. The van der Waals surface area contributed by atoms with Gasteiger partial charge in [-0.1, -0.05) is 11.3 Å². The van der Waals surface area contributed by atoms with Gasteiger partial charge >= 0.3 is 0 Å². The molecule has 4 rings (SSSR count). The van der Waals surface area contributed by atoms with Crippen LogP contribution in [0.5, 0.6) is 0 Å². The van der Waals surface area contributed by atoms with Gasteiger partial charge in [0.15, 0.2) is 10.8 Å². The molecule has 0 spiro atoms. The molecule has 3 aromatic heterocycles. The summed E-state index contributed by atoms with van der Waals surface area (Å²) < 4.78 is 1.87. The molecule has 86 valence electrons. The molecule has 1 aliphatic carbocycles. The van der Waals surface area contributed by atoms with Gasteiger partial charge in [0.2, 0.25) is 4.96 Å². The number of fused-ring (bicyclic) bond motifs is 1. The summed E-state index contributed by atoms with van der Waals surface area (Å²) in [6.07, 6.45) is 2.41. The Balaban J connectivity index is 1.90. The van der Waals surface area contributed by atoms with Crippen LogP contribution in [-0.4, -0.2) is 19.8 Å². The summed E-state index contributed by atoms with van der Waals surface area (Å²) in [5.41, 5.74) is 6.69. The number of anilines is 1. The van der Waals surface area contributed by atoms with E-state index in [9.17, 15) is 0 Å². The predicted molar refractivity (Wildman–Crippen MR) is 68.4 cm³/mol. The second-order valence-corrected chi connectivity index (χ2v) is 6.01. The highest BCUT2D eigenvalue weighted by Gasteiger charge is 2.30. The maximum Gasteiger partial charge on any atom is 0.235 e. The van der Waals surface area contributed by atoms with Crippen molar-refractivity contribution >= 4 is 33.3 Å². The third kappa shape index (κ3) is 1.39. The number of hydrogen-bond donors (Lipinski definition) is 1. The van der Waals surface area contributed by atoms with Gasteiger partial charge in [0.25, 0.3) is 0 Å². The van der Waals surface area contributed by atoms with Crippen molar-refractivity contribution in [1.82, 2.24) is 19.8 Å². The van der Waals surface area contributed by atoms with Crippen LogP contribution in [0.3, 0.4) is 0 Å². The molecule has 2 N–H and O–H groups in total. The van der Waals surface area contributed by atoms with Crippen LogP contribution < -0.4 is 5.73 Å². The van der Waals surface area contributed by atoms with Gasteiger partial charge in [0, 0.05) is 5.92 Å². The molecule has 3 heterocycles. The van der Waals surface area contributed by atoms with Gasteiger partial charge in [-0.3, -0.25) is 0 Å². The standard InChI is InChI=1S/C10H9N5S2/c11-6-3-4-16-7(6)9-14-15-8(5-1-2-5)12-13-10(15)17-9/h3-5H,1-2,11H2. The van der Waals surface area contributed by atoms with Gasteiger partial charge in [-0.25, -0.2) is 0 Å². The first-order valence-electron chi connectivity index (χ1n) is 5.38. The van der Waals surface area contributed by atoms with E-state index in [1.54, 1.807) is 22.7 Å². The van der Waals surface area contributed by atoms with Crippen molar-refractivity contribution in [3.8, 4) is 9.88 Å². The third-order valence-corrected chi connectivity index (χ3v) is 4.83. The predicted octanol–water partition coefficient (Wildman–Crippen LogP) is 2.37. The van der Waals surface area contributed by atoms with Gasteiger partial charge in [-0.2, -0.15) is 9.61 Å². The van der Waals surface area contributed by atoms with E-state index in [2.05, 4.69) is 15.3 Å². The Hall–Kier alpha value is -1.47. The van der Waals surface area contributed by atoms with Crippen molar-refractivity contribution in [3.05, 3.63) is 17.3 Å². The van der Waals surface area contributed by atoms with Gasteiger partial charge < -0.3 is 5.73 Å². The number of nitrogens with zero attached hydrogens (tertiary/aromatic N) is 4. The van der Waals surface area contributed by atoms with Crippen LogP contribution in [0.1, 0.15) is 24.6 Å². The molecule has 5 nitrogen and oxygen atoms in total. The van der Waals surface area contributed by atoms with E-state index >= 15 is 0 Å². The molecule has 7 heteroatoms. The largest absolute Gasteiger partial charge is 0.397 e. The highest BCUT2D eigenvalue weighted by atomic mass is 32.1. The summed E-state index contributed by atoms with van der Waals surface area (Å²) in [7, 11) is 0. The zero-order valence-corrected chi connectivity index (χ0v) is 10.5. The van der Waals surface area contributed by atoms with Crippen LogP contribution >= 0.6 is 22.7 Å². The van der Waals surface area contributed by atoms with Gasteiger partial charge in [-0.05, 0) is 24.3 Å². The Bertz CT molecular complexity index is 691. The Morgan fingerprint density at radius 1 is 1.35 bits per heavy atom. The van der Waals surface area contributed by atoms with E-state index in [1.807, 2.05) is 16.0 Å². The highest BCUT2D eigenvalue weighted by Crippen LogP contribution is 2.40. The third-order valence-electron chi connectivity index (χ3n) is 2.85. The average molecular weight is 263 g/mol. The fraction of sp³-hybridized carbons (Fsp3) is 0.300. The van der Waals surface area contributed by atoms with Crippen LogP contribution in [0, 0.1) is 0 Å². The average Bonchev–Trinajstić information content (AvgIpc) is 2.75. The minimum absolute atomic E-state index is 0.556. The number of nitrogen functional groups attached to an aromatic ring is 1. The molecule has 17 heavy (non-hydrogen) atoms. The Labute approximate surface area is 105 Å². The highest BCUT2D eigenvalue weighted by molar-refractivity contribution is 7.24. The zero-order valence-electron chi connectivity index (χ0n) is 8.83. The lowest BCUT2D eigenvalue weighted by Gasteiger charge is -1.92.